The lowest BCUT2D eigenvalue weighted by atomic mass is 10.2. The zero-order valence-electron chi connectivity index (χ0n) is 13.6. The third-order valence-electron chi connectivity index (χ3n) is 3.49. The predicted octanol–water partition coefficient (Wildman–Crippen LogP) is 2.94. The van der Waals surface area contributed by atoms with Crippen molar-refractivity contribution < 1.29 is 9.59 Å². The van der Waals surface area contributed by atoms with Crippen molar-refractivity contribution in [1.29, 1.82) is 0 Å². The molecule has 1 N–H and O–H groups in total. The average Bonchev–Trinajstić information content (AvgIpc) is 2.86. The number of rotatable bonds is 7. The van der Waals surface area contributed by atoms with E-state index in [2.05, 4.69) is 19.2 Å². The largest absolute Gasteiger partial charge is 0.354 e. The summed E-state index contributed by atoms with van der Waals surface area (Å²) in [5, 5.41) is 3.09. The summed E-state index contributed by atoms with van der Waals surface area (Å²) < 4.78 is 0. The molecule has 0 bridgehead atoms. The van der Waals surface area contributed by atoms with E-state index in [1.807, 2.05) is 13.8 Å². The number of nitrogens with one attached hydrogen (secondary N) is 1. The summed E-state index contributed by atoms with van der Waals surface area (Å²) in [6.07, 6.45) is 5.76. The fourth-order valence-corrected chi connectivity index (χ4v) is 3.77. The average molecular weight is 312 g/mol. The molecule has 2 amide bonds. The predicted molar refractivity (Wildman–Crippen MR) is 89.1 cm³/mol. The zero-order valence-corrected chi connectivity index (χ0v) is 14.5. The number of carbonyl (C=O) groups is 2. The zero-order chi connectivity index (χ0) is 15.8. The maximum absolute atomic E-state index is 12.4. The maximum Gasteiger partial charge on any atom is 0.248 e. The lowest BCUT2D eigenvalue weighted by molar-refractivity contribution is -0.136. The summed E-state index contributed by atoms with van der Waals surface area (Å²) in [5.41, 5.74) is 0.967. The van der Waals surface area contributed by atoms with Crippen LogP contribution in [0.25, 0.3) is 0 Å². The minimum atomic E-state index is -0.329. The first-order valence-electron chi connectivity index (χ1n) is 7.87. The number of nitrogens with zero attached hydrogens (tertiary/aromatic N) is 1. The monoisotopic (exact) mass is 312 g/mol. The van der Waals surface area contributed by atoms with Crippen LogP contribution in [0, 0.1) is 0 Å². The Hall–Kier alpha value is -0.970. The van der Waals surface area contributed by atoms with Gasteiger partial charge < -0.3 is 10.2 Å². The number of carbonyl (C=O) groups excluding carboxylic acids is 2. The number of hydrogen-bond donors (Lipinski definition) is 1. The van der Waals surface area contributed by atoms with Crippen LogP contribution in [0.2, 0.25) is 0 Å². The first-order valence-corrected chi connectivity index (χ1v) is 8.92. The van der Waals surface area contributed by atoms with Crippen LogP contribution < -0.4 is 5.32 Å². The highest BCUT2D eigenvalue weighted by Gasteiger charge is 2.39. The van der Waals surface area contributed by atoms with Crippen molar-refractivity contribution in [3.05, 3.63) is 11.6 Å². The lowest BCUT2D eigenvalue weighted by Crippen LogP contribution is -2.49. The molecule has 0 aromatic carbocycles. The van der Waals surface area contributed by atoms with Crippen LogP contribution >= 0.6 is 11.8 Å². The third-order valence-corrected chi connectivity index (χ3v) is 4.94. The number of thioether (sulfide) groups is 1. The minimum Gasteiger partial charge on any atom is -0.354 e. The van der Waals surface area contributed by atoms with Crippen molar-refractivity contribution in [1.82, 2.24) is 10.2 Å². The van der Waals surface area contributed by atoms with Gasteiger partial charge in [-0.2, -0.15) is 0 Å². The molecule has 0 saturated carbocycles. The third kappa shape index (κ3) is 5.38. The molecule has 0 spiro atoms. The van der Waals surface area contributed by atoms with Crippen LogP contribution in [0.4, 0.5) is 0 Å². The first kappa shape index (κ1) is 18.1. The second kappa shape index (κ2) is 9.13. The molecule has 4 nitrogen and oxygen atoms in total. The van der Waals surface area contributed by atoms with Crippen LogP contribution in [0.3, 0.4) is 0 Å². The molecule has 1 saturated heterocycles. The summed E-state index contributed by atoms with van der Waals surface area (Å²) in [4.78, 5) is 26.5. The smallest absolute Gasteiger partial charge is 0.248 e. The van der Waals surface area contributed by atoms with Gasteiger partial charge in [-0.05, 0) is 26.7 Å². The van der Waals surface area contributed by atoms with Crippen molar-refractivity contribution in [2.45, 2.75) is 64.8 Å². The van der Waals surface area contributed by atoms with Crippen molar-refractivity contribution >= 4 is 23.6 Å². The van der Waals surface area contributed by atoms with Gasteiger partial charge in [0.1, 0.15) is 6.04 Å². The second-order valence-electron chi connectivity index (χ2n) is 5.68. The summed E-state index contributed by atoms with van der Waals surface area (Å²) >= 11 is 1.70. The van der Waals surface area contributed by atoms with Crippen LogP contribution in [0.15, 0.2) is 11.6 Å². The normalized spacial score (nSPS) is 21.2. The number of hydrogen-bond acceptors (Lipinski definition) is 3. The summed E-state index contributed by atoms with van der Waals surface area (Å²) in [6, 6.07) is -0.329. The first-order chi connectivity index (χ1) is 10.0. The molecule has 1 aliphatic heterocycles. The Labute approximate surface area is 132 Å². The van der Waals surface area contributed by atoms with Crippen LogP contribution in [-0.2, 0) is 9.59 Å². The van der Waals surface area contributed by atoms with Crippen molar-refractivity contribution in [3.63, 3.8) is 0 Å². The molecule has 0 aromatic heterocycles. The highest BCUT2D eigenvalue weighted by atomic mass is 32.2. The van der Waals surface area contributed by atoms with E-state index in [1.54, 1.807) is 22.7 Å². The standard InChI is InChI=1S/C16H28N2O2S/c1-5-7-8-9-17-16(20)13-11-21-15(6-2)18(13)14(19)10-12(3)4/h10,13,15H,5-9,11H2,1-4H3,(H,17,20)/t13-,15-/m1/s1. The fraction of sp³-hybridized carbons (Fsp3) is 0.750. The van der Waals surface area contributed by atoms with E-state index in [9.17, 15) is 9.59 Å². The molecule has 0 unspecified atom stereocenters. The van der Waals surface area contributed by atoms with Gasteiger partial charge >= 0.3 is 0 Å². The van der Waals surface area contributed by atoms with E-state index in [-0.39, 0.29) is 23.2 Å². The number of amides is 2. The minimum absolute atomic E-state index is 0.00920. The van der Waals surface area contributed by atoms with Crippen molar-refractivity contribution in [2.24, 2.45) is 0 Å². The van der Waals surface area contributed by atoms with Gasteiger partial charge in [-0.15, -0.1) is 11.8 Å². The topological polar surface area (TPSA) is 49.4 Å². The van der Waals surface area contributed by atoms with Gasteiger partial charge in [0.05, 0.1) is 5.37 Å². The molecule has 5 heteroatoms. The molecule has 2 atom stereocenters. The molecule has 0 aliphatic carbocycles. The highest BCUT2D eigenvalue weighted by Crippen LogP contribution is 2.31. The lowest BCUT2D eigenvalue weighted by Gasteiger charge is -2.27. The summed E-state index contributed by atoms with van der Waals surface area (Å²) in [5.74, 6) is 0.645. The molecule has 0 aromatic rings. The van der Waals surface area contributed by atoms with E-state index in [0.29, 0.717) is 12.3 Å². The van der Waals surface area contributed by atoms with Gasteiger partial charge in [0.2, 0.25) is 11.8 Å². The van der Waals surface area contributed by atoms with E-state index >= 15 is 0 Å². The van der Waals surface area contributed by atoms with Gasteiger partial charge in [0.25, 0.3) is 0 Å². The molecule has 120 valence electrons. The SMILES string of the molecule is CCCCCNC(=O)[C@H]1CS[C@H](CC)N1C(=O)C=C(C)C. The van der Waals surface area contributed by atoms with E-state index in [4.69, 9.17) is 0 Å². The van der Waals surface area contributed by atoms with Crippen molar-refractivity contribution in [2.75, 3.05) is 12.3 Å². The van der Waals surface area contributed by atoms with Crippen LogP contribution in [0.5, 0.6) is 0 Å². The van der Waals surface area contributed by atoms with E-state index < -0.39 is 0 Å². The molecule has 1 fully saturated rings. The number of allylic oxidation sites excluding steroid dienone is 1. The summed E-state index contributed by atoms with van der Waals surface area (Å²) in [6.45, 7) is 8.71. The molecular weight excluding hydrogens is 284 g/mol. The van der Waals surface area contributed by atoms with Gasteiger partial charge in [-0.25, -0.2) is 0 Å². The van der Waals surface area contributed by atoms with Crippen LogP contribution in [0.1, 0.15) is 53.4 Å². The van der Waals surface area contributed by atoms with Crippen LogP contribution in [-0.4, -0.2) is 40.4 Å². The molecule has 0 radical (unpaired) electrons. The second-order valence-corrected chi connectivity index (χ2v) is 6.89. The molecule has 1 aliphatic rings. The maximum atomic E-state index is 12.4. The Morgan fingerprint density at radius 1 is 1.29 bits per heavy atom. The quantitative estimate of drug-likeness (QED) is 0.581. The van der Waals surface area contributed by atoms with Gasteiger partial charge in [0, 0.05) is 18.4 Å². The highest BCUT2D eigenvalue weighted by molar-refractivity contribution is 8.00. The Morgan fingerprint density at radius 3 is 2.57 bits per heavy atom. The molecule has 21 heavy (non-hydrogen) atoms. The van der Waals surface area contributed by atoms with Gasteiger partial charge in [-0.3, -0.25) is 9.59 Å². The number of unbranched alkanes of at least 4 members (excludes halogenated alkanes) is 2. The summed E-state index contributed by atoms with van der Waals surface area (Å²) in [7, 11) is 0. The Morgan fingerprint density at radius 2 is 2.00 bits per heavy atom. The van der Waals surface area contributed by atoms with E-state index in [1.165, 1.54) is 0 Å². The van der Waals surface area contributed by atoms with Gasteiger partial charge in [0.15, 0.2) is 0 Å². The molecule has 1 rings (SSSR count). The molecular formula is C16H28N2O2S. The fourth-order valence-electron chi connectivity index (χ4n) is 2.40. The Balaban J connectivity index is 2.68. The van der Waals surface area contributed by atoms with E-state index in [0.717, 1.165) is 31.3 Å². The van der Waals surface area contributed by atoms with Gasteiger partial charge in [-0.1, -0.05) is 32.3 Å². The van der Waals surface area contributed by atoms with Crippen molar-refractivity contribution in [3.8, 4) is 0 Å². The Kier molecular flexibility index (Phi) is 7.86. The molecule has 1 heterocycles. The Bertz CT molecular complexity index is 392.